The zero-order valence-corrected chi connectivity index (χ0v) is 12.7. The van der Waals surface area contributed by atoms with E-state index in [1.165, 1.54) is 9.78 Å². The molecule has 1 aromatic heterocycles. The largest absolute Gasteiger partial charge is 0.300 e. The van der Waals surface area contributed by atoms with Gasteiger partial charge in [-0.15, -0.1) is 34.9 Å². The quantitative estimate of drug-likeness (QED) is 0.751. The van der Waals surface area contributed by atoms with Crippen molar-refractivity contribution in [3.05, 3.63) is 46.0 Å². The Balaban J connectivity index is 2.16. The van der Waals surface area contributed by atoms with Crippen LogP contribution in [0.15, 0.2) is 41.1 Å². The van der Waals surface area contributed by atoms with Crippen molar-refractivity contribution < 1.29 is 4.79 Å². The van der Waals surface area contributed by atoms with Gasteiger partial charge < -0.3 is 0 Å². The molecule has 1 aliphatic heterocycles. The average Bonchev–Trinajstić information content (AvgIpc) is 2.89. The topological polar surface area (TPSA) is 17.1 Å². The van der Waals surface area contributed by atoms with E-state index >= 15 is 0 Å². The van der Waals surface area contributed by atoms with E-state index in [1.807, 2.05) is 23.9 Å². The molecule has 18 heavy (non-hydrogen) atoms. The number of rotatable bonds is 4. The number of thiophene rings is 1. The second-order valence-corrected chi connectivity index (χ2v) is 7.35. The zero-order chi connectivity index (χ0) is 13.0. The van der Waals surface area contributed by atoms with Gasteiger partial charge in [-0.05, 0) is 22.6 Å². The molecule has 0 aliphatic carbocycles. The maximum Gasteiger partial charge on any atom is 0.135 e. The van der Waals surface area contributed by atoms with Crippen molar-refractivity contribution in [2.45, 2.75) is 23.3 Å². The summed E-state index contributed by atoms with van der Waals surface area (Å²) in [6.07, 6.45) is 7.25. The molecule has 2 atom stereocenters. The van der Waals surface area contributed by atoms with E-state index in [9.17, 15) is 4.79 Å². The molecule has 2 heterocycles. The molecular weight excluding hydrogens is 280 g/mol. The number of hydrogen-bond acceptors (Lipinski definition) is 4. The van der Waals surface area contributed by atoms with E-state index < -0.39 is 0 Å². The van der Waals surface area contributed by atoms with Crippen LogP contribution < -0.4 is 0 Å². The fourth-order valence-corrected chi connectivity index (χ4v) is 5.48. The zero-order valence-electron chi connectivity index (χ0n) is 10.3. The van der Waals surface area contributed by atoms with Gasteiger partial charge in [-0.2, -0.15) is 0 Å². The molecule has 1 nitrogen and oxygen atoms in total. The predicted molar refractivity (Wildman–Crippen MR) is 84.5 cm³/mol. The molecule has 0 spiro atoms. The summed E-state index contributed by atoms with van der Waals surface area (Å²) in [7, 11) is 0. The van der Waals surface area contributed by atoms with E-state index in [0.717, 1.165) is 0 Å². The van der Waals surface area contributed by atoms with Crippen LogP contribution in [0.25, 0.3) is 0 Å². The molecule has 4 heteroatoms. The van der Waals surface area contributed by atoms with Crippen LogP contribution in [0.5, 0.6) is 0 Å². The van der Waals surface area contributed by atoms with Crippen LogP contribution in [0.4, 0.5) is 0 Å². The van der Waals surface area contributed by atoms with E-state index in [4.69, 9.17) is 0 Å². The SMILES string of the molecule is C=C/C=C(\SC)C1CC(=O)CC(c2cccs2)S1. The van der Waals surface area contributed by atoms with E-state index in [1.54, 1.807) is 23.1 Å². The normalized spacial score (nSPS) is 25.2. The van der Waals surface area contributed by atoms with E-state index in [0.29, 0.717) is 29.1 Å². The molecule has 2 rings (SSSR count). The van der Waals surface area contributed by atoms with E-state index in [2.05, 4.69) is 30.3 Å². The van der Waals surface area contributed by atoms with Crippen LogP contribution in [-0.2, 0) is 4.79 Å². The van der Waals surface area contributed by atoms with Crippen LogP contribution in [0.3, 0.4) is 0 Å². The van der Waals surface area contributed by atoms with Gasteiger partial charge in [0.25, 0.3) is 0 Å². The Morgan fingerprint density at radius 1 is 1.56 bits per heavy atom. The Labute approximate surface area is 121 Å². The summed E-state index contributed by atoms with van der Waals surface area (Å²) in [5.74, 6) is 0.376. The molecule has 0 radical (unpaired) electrons. The fourth-order valence-electron chi connectivity index (χ4n) is 2.02. The Hall–Kier alpha value is -0.450. The number of Topliss-reactive ketones (excluding diaryl/α,β-unsaturated/α-hetero) is 1. The molecule has 0 saturated carbocycles. The Kier molecular flexibility index (Phi) is 5.15. The highest BCUT2D eigenvalue weighted by molar-refractivity contribution is 8.06. The third-order valence-corrected chi connectivity index (χ3v) is 6.52. The van der Waals surface area contributed by atoms with Gasteiger partial charge in [0.05, 0.1) is 0 Å². The van der Waals surface area contributed by atoms with Gasteiger partial charge in [0.15, 0.2) is 0 Å². The molecule has 96 valence electrons. The summed E-state index contributed by atoms with van der Waals surface area (Å²) in [4.78, 5) is 14.5. The van der Waals surface area contributed by atoms with Crippen molar-refractivity contribution in [2.75, 3.05) is 6.26 Å². The molecule has 0 aromatic carbocycles. The van der Waals surface area contributed by atoms with Crippen LogP contribution in [0.1, 0.15) is 23.0 Å². The van der Waals surface area contributed by atoms with Gasteiger partial charge in [0, 0.05) is 28.2 Å². The third kappa shape index (κ3) is 3.31. The first-order valence-electron chi connectivity index (χ1n) is 5.81. The third-order valence-electron chi connectivity index (χ3n) is 2.85. The highest BCUT2D eigenvalue weighted by atomic mass is 32.2. The standard InChI is InChI=1S/C14H16OS3/c1-3-5-11(16-2)13-8-10(15)9-14(18-13)12-6-4-7-17-12/h3-7,13-14H,1,8-9H2,2H3/b11-5-. The van der Waals surface area contributed by atoms with Gasteiger partial charge >= 0.3 is 0 Å². The van der Waals surface area contributed by atoms with Gasteiger partial charge in [-0.1, -0.05) is 24.8 Å². The molecule has 0 N–H and O–H groups in total. The molecule has 0 bridgehead atoms. The summed E-state index contributed by atoms with van der Waals surface area (Å²) < 4.78 is 0. The fraction of sp³-hybridized carbons (Fsp3) is 0.357. The highest BCUT2D eigenvalue weighted by Gasteiger charge is 2.31. The number of thioether (sulfide) groups is 2. The summed E-state index contributed by atoms with van der Waals surface area (Å²) in [6, 6.07) is 4.19. The summed E-state index contributed by atoms with van der Waals surface area (Å²) >= 11 is 5.39. The lowest BCUT2D eigenvalue weighted by Crippen LogP contribution is -2.21. The molecule has 1 fully saturated rings. The van der Waals surface area contributed by atoms with Gasteiger partial charge in [0.1, 0.15) is 5.78 Å². The lowest BCUT2D eigenvalue weighted by Gasteiger charge is -2.28. The number of allylic oxidation sites excluding steroid dienone is 2. The second kappa shape index (κ2) is 6.64. The number of carbonyl (C=O) groups excluding carboxylic acids is 1. The van der Waals surface area contributed by atoms with Crippen molar-refractivity contribution in [3.63, 3.8) is 0 Å². The van der Waals surface area contributed by atoms with Gasteiger partial charge in [-0.3, -0.25) is 4.79 Å². The van der Waals surface area contributed by atoms with Gasteiger partial charge in [0.2, 0.25) is 0 Å². The summed E-state index contributed by atoms with van der Waals surface area (Å²) in [5, 5.41) is 2.71. The van der Waals surface area contributed by atoms with Crippen LogP contribution >= 0.6 is 34.9 Å². The highest BCUT2D eigenvalue weighted by Crippen LogP contribution is 2.46. The maximum absolute atomic E-state index is 11.9. The number of hydrogen-bond donors (Lipinski definition) is 0. The van der Waals surface area contributed by atoms with Crippen molar-refractivity contribution in [2.24, 2.45) is 0 Å². The Morgan fingerprint density at radius 2 is 2.39 bits per heavy atom. The van der Waals surface area contributed by atoms with Crippen molar-refractivity contribution >= 4 is 40.6 Å². The minimum Gasteiger partial charge on any atom is -0.300 e. The molecule has 1 saturated heterocycles. The smallest absolute Gasteiger partial charge is 0.135 e. The Bertz CT molecular complexity index is 448. The van der Waals surface area contributed by atoms with Gasteiger partial charge in [-0.25, -0.2) is 0 Å². The first-order chi connectivity index (χ1) is 8.74. The first kappa shape index (κ1) is 14.0. The molecule has 2 unspecified atom stereocenters. The summed E-state index contributed by atoms with van der Waals surface area (Å²) in [5.41, 5.74) is 0. The van der Waals surface area contributed by atoms with E-state index in [-0.39, 0.29) is 0 Å². The van der Waals surface area contributed by atoms with Crippen molar-refractivity contribution in [1.82, 2.24) is 0 Å². The minimum atomic E-state index is 0.298. The first-order valence-corrected chi connectivity index (χ1v) is 8.86. The Morgan fingerprint density at radius 3 is 3.00 bits per heavy atom. The summed E-state index contributed by atoms with van der Waals surface area (Å²) in [6.45, 7) is 3.75. The monoisotopic (exact) mass is 296 g/mol. The number of carbonyl (C=O) groups is 1. The molecule has 1 aliphatic rings. The minimum absolute atomic E-state index is 0.298. The van der Waals surface area contributed by atoms with Crippen LogP contribution in [0.2, 0.25) is 0 Å². The lowest BCUT2D eigenvalue weighted by molar-refractivity contribution is -0.119. The molecule has 0 amide bonds. The lowest BCUT2D eigenvalue weighted by atomic mass is 10.1. The van der Waals surface area contributed by atoms with Crippen molar-refractivity contribution in [3.8, 4) is 0 Å². The van der Waals surface area contributed by atoms with Crippen LogP contribution in [0, 0.1) is 0 Å². The predicted octanol–water partition coefficient (Wildman–Crippen LogP) is 4.69. The molecule has 1 aromatic rings. The van der Waals surface area contributed by atoms with Crippen LogP contribution in [-0.4, -0.2) is 17.3 Å². The molecular formula is C14H16OS3. The maximum atomic E-state index is 11.9. The second-order valence-electron chi connectivity index (χ2n) is 4.08. The van der Waals surface area contributed by atoms with Crippen molar-refractivity contribution in [1.29, 1.82) is 0 Å². The number of ketones is 1. The average molecular weight is 296 g/mol.